The second-order valence-corrected chi connectivity index (χ2v) is 11.5. The van der Waals surface area contributed by atoms with Gasteiger partial charge in [-0.2, -0.15) is 0 Å². The monoisotopic (exact) mass is 440 g/mol. The van der Waals surface area contributed by atoms with E-state index in [2.05, 4.69) is 28.9 Å². The molecule has 2 aliphatic carbocycles. The number of imidazole rings is 1. The third-order valence-electron chi connectivity index (χ3n) is 7.15. The van der Waals surface area contributed by atoms with Crippen molar-refractivity contribution in [3.8, 4) is 0 Å². The summed E-state index contributed by atoms with van der Waals surface area (Å²) in [6.07, 6.45) is 3.54. The number of aliphatic hydroxyl groups is 1. The summed E-state index contributed by atoms with van der Waals surface area (Å²) in [6, 6.07) is 4.18. The number of amides is 1. The van der Waals surface area contributed by atoms with Crippen LogP contribution in [0.4, 0.5) is 0 Å². The molecule has 3 aliphatic rings. The molecule has 32 heavy (non-hydrogen) atoms. The third-order valence-corrected chi connectivity index (χ3v) is 7.15. The van der Waals surface area contributed by atoms with E-state index in [4.69, 9.17) is 9.72 Å². The topological polar surface area (TPSA) is 79.1 Å². The maximum atomic E-state index is 13.2. The molecule has 2 saturated carbocycles. The number of nitrogens with one attached hydrogen (secondary N) is 1. The van der Waals surface area contributed by atoms with Crippen LogP contribution in [0.15, 0.2) is 18.3 Å². The van der Waals surface area contributed by atoms with Gasteiger partial charge in [0, 0.05) is 31.1 Å². The number of piperidine rings is 1. The van der Waals surface area contributed by atoms with Gasteiger partial charge in [-0.05, 0) is 77.8 Å². The predicted octanol–water partition coefficient (Wildman–Crippen LogP) is 3.14. The predicted molar refractivity (Wildman–Crippen MR) is 122 cm³/mol. The first-order valence-corrected chi connectivity index (χ1v) is 11.9. The number of fused-ring (bicyclic) bond motifs is 2. The first kappa shape index (κ1) is 21.9. The zero-order valence-corrected chi connectivity index (χ0v) is 20.1. The van der Waals surface area contributed by atoms with E-state index in [1.54, 1.807) is 0 Å². The molecule has 0 aromatic carbocycles. The SMILES string of the molecule is Cc1cccn2c(C(C)(C)NC(=O)C3[C@H]4CN(C(O)OC(C)(C)C)C[C@@H]34)nc(C3CC3)c12. The molecule has 5 rings (SSSR count). The number of ether oxygens (including phenoxy) is 1. The van der Waals surface area contributed by atoms with Gasteiger partial charge in [-0.15, -0.1) is 0 Å². The summed E-state index contributed by atoms with van der Waals surface area (Å²) >= 11 is 0. The molecular weight excluding hydrogens is 404 g/mol. The van der Waals surface area contributed by atoms with Crippen LogP contribution >= 0.6 is 0 Å². The Morgan fingerprint density at radius 3 is 2.47 bits per heavy atom. The van der Waals surface area contributed by atoms with Crippen molar-refractivity contribution in [1.82, 2.24) is 19.6 Å². The Labute approximate surface area is 190 Å². The lowest BCUT2D eigenvalue weighted by molar-refractivity contribution is -0.236. The van der Waals surface area contributed by atoms with Crippen LogP contribution in [0, 0.1) is 24.7 Å². The molecule has 2 aromatic heterocycles. The second kappa shape index (κ2) is 7.27. The first-order valence-electron chi connectivity index (χ1n) is 11.9. The fourth-order valence-corrected chi connectivity index (χ4v) is 5.39. The minimum atomic E-state index is -0.914. The summed E-state index contributed by atoms with van der Waals surface area (Å²) in [4.78, 5) is 20.2. The van der Waals surface area contributed by atoms with Crippen LogP contribution in [0.2, 0.25) is 0 Å². The highest BCUT2D eigenvalue weighted by atomic mass is 16.6. The zero-order valence-electron chi connectivity index (χ0n) is 20.1. The van der Waals surface area contributed by atoms with Crippen molar-refractivity contribution in [2.45, 2.75) is 77.9 Å². The van der Waals surface area contributed by atoms with Gasteiger partial charge in [-0.25, -0.2) is 4.98 Å². The molecule has 3 fully saturated rings. The Bertz CT molecular complexity index is 1040. The number of rotatable bonds is 6. The summed E-state index contributed by atoms with van der Waals surface area (Å²) in [6.45, 7) is 13.4. The number of aromatic nitrogens is 2. The van der Waals surface area contributed by atoms with E-state index >= 15 is 0 Å². The maximum Gasteiger partial charge on any atom is 0.224 e. The fraction of sp³-hybridized carbons (Fsp3) is 0.680. The minimum Gasteiger partial charge on any atom is -0.356 e. The molecule has 0 spiro atoms. The van der Waals surface area contributed by atoms with E-state index in [1.165, 1.54) is 29.6 Å². The molecule has 3 heterocycles. The number of aliphatic hydroxyl groups excluding tert-OH is 1. The van der Waals surface area contributed by atoms with Crippen molar-refractivity contribution in [3.05, 3.63) is 35.4 Å². The van der Waals surface area contributed by atoms with E-state index in [-0.39, 0.29) is 23.7 Å². The number of nitrogens with zero attached hydrogens (tertiary/aromatic N) is 3. The van der Waals surface area contributed by atoms with Crippen molar-refractivity contribution in [2.24, 2.45) is 17.8 Å². The Morgan fingerprint density at radius 1 is 1.22 bits per heavy atom. The summed E-state index contributed by atoms with van der Waals surface area (Å²) in [5.41, 5.74) is 2.61. The molecular formula is C25H36N4O3. The van der Waals surface area contributed by atoms with Crippen LogP contribution in [0.3, 0.4) is 0 Å². The Morgan fingerprint density at radius 2 is 1.88 bits per heavy atom. The molecule has 0 radical (unpaired) electrons. The number of aryl methyl sites for hydroxylation is 1. The van der Waals surface area contributed by atoms with Gasteiger partial charge in [0.05, 0.1) is 22.4 Å². The number of pyridine rings is 1. The van der Waals surface area contributed by atoms with Crippen LogP contribution in [0.1, 0.15) is 70.5 Å². The average Bonchev–Trinajstić information content (AvgIpc) is 3.55. The lowest BCUT2D eigenvalue weighted by Crippen LogP contribution is -2.46. The zero-order chi connectivity index (χ0) is 23.0. The lowest BCUT2D eigenvalue weighted by Gasteiger charge is -2.31. The largest absolute Gasteiger partial charge is 0.356 e. The summed E-state index contributed by atoms with van der Waals surface area (Å²) in [5, 5.41) is 13.6. The molecule has 4 atom stereocenters. The molecule has 1 saturated heterocycles. The van der Waals surface area contributed by atoms with Gasteiger partial charge in [0.2, 0.25) is 12.3 Å². The number of likely N-dealkylation sites (tertiary alicyclic amines) is 1. The van der Waals surface area contributed by atoms with Crippen LogP contribution in [-0.2, 0) is 15.1 Å². The molecule has 7 heteroatoms. The minimum absolute atomic E-state index is 0.00299. The van der Waals surface area contributed by atoms with Crippen molar-refractivity contribution >= 4 is 11.4 Å². The van der Waals surface area contributed by atoms with Gasteiger partial charge in [-0.1, -0.05) is 6.07 Å². The molecule has 7 nitrogen and oxygen atoms in total. The van der Waals surface area contributed by atoms with Crippen molar-refractivity contribution in [1.29, 1.82) is 0 Å². The number of carbonyl (C=O) groups is 1. The molecule has 2 unspecified atom stereocenters. The van der Waals surface area contributed by atoms with E-state index in [9.17, 15) is 9.90 Å². The molecule has 1 amide bonds. The number of hydrogen-bond acceptors (Lipinski definition) is 5. The molecule has 2 aromatic rings. The highest BCUT2D eigenvalue weighted by Gasteiger charge is 2.60. The van der Waals surface area contributed by atoms with E-state index in [0.717, 1.165) is 5.82 Å². The van der Waals surface area contributed by atoms with Gasteiger partial charge in [0.1, 0.15) is 5.82 Å². The van der Waals surface area contributed by atoms with Gasteiger partial charge in [0.15, 0.2) is 0 Å². The summed E-state index contributed by atoms with van der Waals surface area (Å²) in [7, 11) is 0. The van der Waals surface area contributed by atoms with Gasteiger partial charge >= 0.3 is 0 Å². The van der Waals surface area contributed by atoms with E-state index in [1.807, 2.05) is 45.6 Å². The summed E-state index contributed by atoms with van der Waals surface area (Å²) in [5.74, 6) is 2.10. The summed E-state index contributed by atoms with van der Waals surface area (Å²) < 4.78 is 7.84. The lowest BCUT2D eigenvalue weighted by atomic mass is 10.0. The second-order valence-electron chi connectivity index (χ2n) is 11.5. The third kappa shape index (κ3) is 3.84. The first-order chi connectivity index (χ1) is 15.0. The van der Waals surface area contributed by atoms with Crippen LogP contribution in [0.5, 0.6) is 0 Å². The van der Waals surface area contributed by atoms with Crippen molar-refractivity contribution in [2.75, 3.05) is 13.1 Å². The van der Waals surface area contributed by atoms with Crippen LogP contribution in [-0.4, -0.2) is 50.4 Å². The molecule has 1 aliphatic heterocycles. The van der Waals surface area contributed by atoms with Crippen molar-refractivity contribution in [3.63, 3.8) is 0 Å². The molecule has 174 valence electrons. The van der Waals surface area contributed by atoms with Crippen molar-refractivity contribution < 1.29 is 14.6 Å². The highest BCUT2D eigenvalue weighted by molar-refractivity contribution is 5.83. The van der Waals surface area contributed by atoms with Gasteiger partial charge in [-0.3, -0.25) is 9.69 Å². The number of hydrogen-bond donors (Lipinski definition) is 2. The molecule has 2 N–H and O–H groups in total. The molecule has 0 bridgehead atoms. The number of carbonyl (C=O) groups excluding carboxylic acids is 1. The van der Waals surface area contributed by atoms with E-state index in [0.29, 0.717) is 19.0 Å². The normalized spacial score (nSPS) is 26.9. The Kier molecular flexibility index (Phi) is 4.97. The quantitative estimate of drug-likeness (QED) is 0.675. The Balaban J connectivity index is 1.28. The Hall–Kier alpha value is -1.96. The highest BCUT2D eigenvalue weighted by Crippen LogP contribution is 2.52. The standard InChI is InChI=1S/C25H36N4O3/c1-14-8-7-11-29-20(14)19(15-9-10-15)26-22(29)25(5,6)27-21(30)18-16-12-28(13-17(16)18)23(31)32-24(2,3)4/h7-8,11,15-18,23,31H,9-10,12-13H2,1-6H3,(H,27,30)/t16-,17+,18?,23?. The fourth-order valence-electron chi connectivity index (χ4n) is 5.39. The average molecular weight is 441 g/mol. The van der Waals surface area contributed by atoms with Crippen LogP contribution < -0.4 is 5.32 Å². The smallest absolute Gasteiger partial charge is 0.224 e. The maximum absolute atomic E-state index is 13.2. The van der Waals surface area contributed by atoms with Gasteiger partial charge < -0.3 is 19.6 Å². The van der Waals surface area contributed by atoms with Gasteiger partial charge in [0.25, 0.3) is 0 Å². The van der Waals surface area contributed by atoms with E-state index < -0.39 is 17.6 Å². The van der Waals surface area contributed by atoms with Crippen LogP contribution in [0.25, 0.3) is 5.52 Å².